The monoisotopic (exact) mass is 142 g/mol. The molecule has 1 aliphatic rings. The second-order valence-corrected chi connectivity index (χ2v) is 2.49. The number of hydrogen-bond donors (Lipinski definition) is 2. The molecule has 4 heteroatoms. The second kappa shape index (κ2) is 3.37. The zero-order valence-electron chi connectivity index (χ0n) is 5.73. The van der Waals surface area contributed by atoms with Crippen molar-refractivity contribution < 1.29 is 14.9 Å². The molecular formula is C6H11BO3. The quantitative estimate of drug-likeness (QED) is 0.465. The van der Waals surface area contributed by atoms with E-state index < -0.39 is 12.2 Å². The first-order valence-corrected chi connectivity index (χ1v) is 3.43. The Morgan fingerprint density at radius 3 is 2.70 bits per heavy atom. The topological polar surface area (TPSA) is 49.7 Å². The summed E-state index contributed by atoms with van der Waals surface area (Å²) in [6.45, 7) is 0.486. The first-order valence-electron chi connectivity index (χ1n) is 3.43. The van der Waals surface area contributed by atoms with Crippen molar-refractivity contribution in [1.29, 1.82) is 0 Å². The highest BCUT2D eigenvalue weighted by Gasteiger charge is 2.29. The summed E-state index contributed by atoms with van der Waals surface area (Å²) in [6, 6.07) is 0. The van der Waals surface area contributed by atoms with Crippen molar-refractivity contribution in [3.05, 3.63) is 0 Å². The number of ether oxygens (including phenoxy) is 1. The summed E-state index contributed by atoms with van der Waals surface area (Å²) in [6.07, 6.45) is -1.10. The third kappa shape index (κ3) is 1.51. The van der Waals surface area contributed by atoms with Gasteiger partial charge in [0.05, 0.1) is 20.1 Å². The molecule has 0 bridgehead atoms. The number of aliphatic hydroxyl groups is 2. The minimum atomic E-state index is -0.807. The van der Waals surface area contributed by atoms with Gasteiger partial charge in [-0.05, 0) is 6.42 Å². The fourth-order valence-corrected chi connectivity index (χ4v) is 1.06. The molecule has 0 aromatic rings. The molecule has 56 valence electrons. The first-order chi connectivity index (χ1) is 4.75. The first kappa shape index (κ1) is 8.05. The zero-order valence-corrected chi connectivity index (χ0v) is 5.73. The van der Waals surface area contributed by atoms with Gasteiger partial charge in [0.2, 0.25) is 0 Å². The summed E-state index contributed by atoms with van der Waals surface area (Å²) in [4.78, 5) is 0. The molecule has 3 atom stereocenters. The van der Waals surface area contributed by atoms with Gasteiger partial charge in [0.15, 0.2) is 0 Å². The fourth-order valence-electron chi connectivity index (χ4n) is 1.06. The van der Waals surface area contributed by atoms with E-state index in [0.717, 1.165) is 0 Å². The fraction of sp³-hybridized carbons (Fsp3) is 1.00. The lowest BCUT2D eigenvalue weighted by Crippen LogP contribution is -2.44. The van der Waals surface area contributed by atoms with Gasteiger partial charge in [-0.25, -0.2) is 0 Å². The van der Waals surface area contributed by atoms with E-state index in [9.17, 15) is 5.11 Å². The van der Waals surface area contributed by atoms with Gasteiger partial charge in [0.25, 0.3) is 0 Å². The molecule has 1 heterocycles. The predicted molar refractivity (Wildman–Crippen MR) is 36.9 cm³/mol. The van der Waals surface area contributed by atoms with E-state index in [1.165, 1.54) is 0 Å². The highest BCUT2D eigenvalue weighted by atomic mass is 16.5. The molecule has 10 heavy (non-hydrogen) atoms. The van der Waals surface area contributed by atoms with Crippen molar-refractivity contribution in [1.82, 2.24) is 0 Å². The highest BCUT2D eigenvalue weighted by molar-refractivity contribution is 6.08. The summed E-state index contributed by atoms with van der Waals surface area (Å²) in [7, 11) is 5.26. The maximum Gasteiger partial charge on any atom is 0.105 e. The van der Waals surface area contributed by atoms with Gasteiger partial charge in [-0.15, -0.1) is 0 Å². The van der Waals surface area contributed by atoms with Gasteiger partial charge in [0.1, 0.15) is 6.10 Å². The molecule has 1 fully saturated rings. The SMILES string of the molecule is [B]CC1OCCC(O)C1O. The Morgan fingerprint density at radius 1 is 1.50 bits per heavy atom. The van der Waals surface area contributed by atoms with Crippen LogP contribution in [0.15, 0.2) is 0 Å². The third-order valence-corrected chi connectivity index (χ3v) is 1.75. The largest absolute Gasteiger partial charge is 0.390 e. The van der Waals surface area contributed by atoms with Gasteiger partial charge in [-0.3, -0.25) is 0 Å². The van der Waals surface area contributed by atoms with Crippen LogP contribution in [0, 0.1) is 0 Å². The average molecular weight is 142 g/mol. The predicted octanol–water partition coefficient (Wildman–Crippen LogP) is -0.916. The van der Waals surface area contributed by atoms with Crippen LogP contribution in [0.5, 0.6) is 0 Å². The van der Waals surface area contributed by atoms with E-state index >= 15 is 0 Å². The Balaban J connectivity index is 2.42. The molecule has 0 aromatic carbocycles. The third-order valence-electron chi connectivity index (χ3n) is 1.75. The van der Waals surface area contributed by atoms with Crippen LogP contribution in [-0.2, 0) is 4.74 Å². The molecule has 0 aliphatic carbocycles. The molecule has 0 saturated carbocycles. The maximum absolute atomic E-state index is 9.18. The summed E-state index contributed by atoms with van der Waals surface area (Å²) in [5, 5.41) is 18.3. The molecule has 0 spiro atoms. The maximum atomic E-state index is 9.18. The lowest BCUT2D eigenvalue weighted by molar-refractivity contribution is -0.126. The molecule has 0 aromatic heterocycles. The van der Waals surface area contributed by atoms with E-state index in [1.807, 2.05) is 0 Å². The molecule has 1 saturated heterocycles. The molecule has 2 N–H and O–H groups in total. The molecule has 1 rings (SSSR count). The Kier molecular flexibility index (Phi) is 2.71. The smallest absolute Gasteiger partial charge is 0.105 e. The molecule has 0 amide bonds. The van der Waals surface area contributed by atoms with Gasteiger partial charge in [0, 0.05) is 6.61 Å². The lowest BCUT2D eigenvalue weighted by Gasteiger charge is -2.31. The van der Waals surface area contributed by atoms with Crippen LogP contribution in [0.25, 0.3) is 0 Å². The molecule has 2 radical (unpaired) electrons. The van der Waals surface area contributed by atoms with Gasteiger partial charge in [-0.2, -0.15) is 0 Å². The summed E-state index contributed by atoms with van der Waals surface area (Å²) < 4.78 is 5.07. The van der Waals surface area contributed by atoms with Crippen LogP contribution in [0.1, 0.15) is 6.42 Å². The van der Waals surface area contributed by atoms with E-state index in [-0.39, 0.29) is 12.4 Å². The van der Waals surface area contributed by atoms with Crippen LogP contribution < -0.4 is 0 Å². The number of hydrogen-bond acceptors (Lipinski definition) is 3. The Hall–Kier alpha value is -0.0551. The van der Waals surface area contributed by atoms with Crippen molar-refractivity contribution in [3.8, 4) is 0 Å². The van der Waals surface area contributed by atoms with Gasteiger partial charge in [-0.1, -0.05) is 6.32 Å². The van der Waals surface area contributed by atoms with Gasteiger partial charge >= 0.3 is 0 Å². The number of aliphatic hydroxyl groups excluding tert-OH is 2. The Bertz CT molecular complexity index is 109. The van der Waals surface area contributed by atoms with Crippen LogP contribution in [0.3, 0.4) is 0 Å². The normalized spacial score (nSPS) is 41.6. The summed E-state index contributed by atoms with van der Waals surface area (Å²) in [5.74, 6) is 0. The van der Waals surface area contributed by atoms with Crippen molar-refractivity contribution in [2.75, 3.05) is 6.61 Å². The van der Waals surface area contributed by atoms with Crippen molar-refractivity contribution in [2.45, 2.75) is 31.1 Å². The van der Waals surface area contributed by atoms with Crippen LogP contribution in [0.4, 0.5) is 0 Å². The summed E-state index contributed by atoms with van der Waals surface area (Å²) >= 11 is 0. The van der Waals surface area contributed by atoms with Gasteiger partial charge < -0.3 is 14.9 Å². The summed E-state index contributed by atoms with van der Waals surface area (Å²) in [5.41, 5.74) is 0. The molecule has 3 unspecified atom stereocenters. The lowest BCUT2D eigenvalue weighted by atomic mass is 9.91. The minimum absolute atomic E-state index is 0.262. The zero-order chi connectivity index (χ0) is 7.56. The minimum Gasteiger partial charge on any atom is -0.390 e. The van der Waals surface area contributed by atoms with E-state index in [4.69, 9.17) is 17.7 Å². The van der Waals surface area contributed by atoms with E-state index in [1.54, 1.807) is 0 Å². The van der Waals surface area contributed by atoms with Crippen molar-refractivity contribution in [2.24, 2.45) is 0 Å². The van der Waals surface area contributed by atoms with Crippen LogP contribution >= 0.6 is 0 Å². The van der Waals surface area contributed by atoms with Crippen molar-refractivity contribution in [3.63, 3.8) is 0 Å². The Morgan fingerprint density at radius 2 is 2.20 bits per heavy atom. The Labute approximate surface area is 61.4 Å². The number of rotatable bonds is 1. The average Bonchev–Trinajstić information content (AvgIpc) is 1.95. The standard InChI is InChI=1S/C6H11BO3/c7-3-5-6(9)4(8)1-2-10-5/h4-6,8-9H,1-3H2. The van der Waals surface area contributed by atoms with Crippen LogP contribution in [0.2, 0.25) is 6.32 Å². The highest BCUT2D eigenvalue weighted by Crippen LogP contribution is 2.16. The molecule has 3 nitrogen and oxygen atoms in total. The molecule has 1 aliphatic heterocycles. The van der Waals surface area contributed by atoms with Crippen molar-refractivity contribution >= 4 is 7.85 Å². The second-order valence-electron chi connectivity index (χ2n) is 2.49. The molecular weight excluding hydrogens is 131 g/mol. The van der Waals surface area contributed by atoms with E-state index in [2.05, 4.69) is 0 Å². The van der Waals surface area contributed by atoms with E-state index in [0.29, 0.717) is 13.0 Å². The van der Waals surface area contributed by atoms with Crippen LogP contribution in [-0.4, -0.2) is 43.0 Å².